The fourth-order valence-electron chi connectivity index (χ4n) is 1.12. The summed E-state index contributed by atoms with van der Waals surface area (Å²) in [6.07, 6.45) is 1.55. The topological polar surface area (TPSA) is 46.2 Å². The predicted molar refractivity (Wildman–Crippen MR) is 67.3 cm³/mol. The summed E-state index contributed by atoms with van der Waals surface area (Å²) in [5, 5.41) is 2.63. The molecule has 0 aliphatic carbocycles. The maximum atomic E-state index is 13.3. The first-order chi connectivity index (χ1) is 7.91. The third kappa shape index (κ3) is 4.09. The van der Waals surface area contributed by atoms with Gasteiger partial charge in [-0.25, -0.2) is 4.39 Å². The molecule has 6 heteroatoms. The first-order valence-corrected chi connectivity index (χ1v) is 6.97. The second-order valence-corrected chi connectivity index (χ2v) is 5.88. The molecule has 17 heavy (non-hydrogen) atoms. The highest BCUT2D eigenvalue weighted by molar-refractivity contribution is 7.84. The molecule has 0 aliphatic heterocycles. The van der Waals surface area contributed by atoms with Crippen molar-refractivity contribution in [3.63, 3.8) is 0 Å². The molecule has 0 saturated carbocycles. The highest BCUT2D eigenvalue weighted by atomic mass is 35.5. The lowest BCUT2D eigenvalue weighted by Crippen LogP contribution is -2.33. The van der Waals surface area contributed by atoms with E-state index in [0.717, 1.165) is 6.07 Å². The van der Waals surface area contributed by atoms with Crippen molar-refractivity contribution in [3.8, 4) is 0 Å². The molecule has 0 spiro atoms. The van der Waals surface area contributed by atoms with Crippen LogP contribution in [0.25, 0.3) is 0 Å². The summed E-state index contributed by atoms with van der Waals surface area (Å²) < 4.78 is 24.4. The minimum atomic E-state index is -1.03. The first-order valence-electron chi connectivity index (χ1n) is 4.97. The van der Waals surface area contributed by atoms with Crippen LogP contribution in [0.5, 0.6) is 0 Å². The van der Waals surface area contributed by atoms with Crippen molar-refractivity contribution in [1.29, 1.82) is 0 Å². The summed E-state index contributed by atoms with van der Waals surface area (Å²) in [5.74, 6) is -1.18. The fraction of sp³-hybridized carbons (Fsp3) is 0.364. The average molecular weight is 278 g/mol. The van der Waals surface area contributed by atoms with Crippen LogP contribution in [-0.2, 0) is 10.8 Å². The molecule has 94 valence electrons. The van der Waals surface area contributed by atoms with Crippen molar-refractivity contribution in [3.05, 3.63) is 34.6 Å². The summed E-state index contributed by atoms with van der Waals surface area (Å²) in [6.45, 7) is 1.97. The maximum Gasteiger partial charge on any atom is 0.254 e. The number of benzene rings is 1. The average Bonchev–Trinajstić information content (AvgIpc) is 2.28. The molecule has 0 radical (unpaired) electrons. The van der Waals surface area contributed by atoms with Crippen molar-refractivity contribution in [1.82, 2.24) is 5.32 Å². The van der Waals surface area contributed by atoms with Crippen molar-refractivity contribution >= 4 is 28.3 Å². The van der Waals surface area contributed by atoms with Crippen LogP contribution in [0.15, 0.2) is 18.2 Å². The van der Waals surface area contributed by atoms with Gasteiger partial charge < -0.3 is 5.32 Å². The molecule has 1 N–H and O–H groups in total. The molecule has 1 aromatic carbocycles. The van der Waals surface area contributed by atoms with Crippen molar-refractivity contribution in [2.24, 2.45) is 0 Å². The van der Waals surface area contributed by atoms with E-state index in [9.17, 15) is 13.4 Å². The van der Waals surface area contributed by atoms with E-state index in [1.165, 1.54) is 12.1 Å². The summed E-state index contributed by atoms with van der Waals surface area (Å²) in [7, 11) is -1.03. The van der Waals surface area contributed by atoms with E-state index in [2.05, 4.69) is 5.32 Å². The molecule has 0 aliphatic rings. The number of carbonyl (C=O) groups is 1. The van der Waals surface area contributed by atoms with E-state index in [-0.39, 0.29) is 17.4 Å². The quantitative estimate of drug-likeness (QED) is 0.915. The Labute approximate surface area is 107 Å². The van der Waals surface area contributed by atoms with Gasteiger partial charge >= 0.3 is 0 Å². The Balaban J connectivity index is 2.70. The third-order valence-corrected chi connectivity index (χ3v) is 3.82. The Morgan fingerprint density at radius 1 is 1.59 bits per heavy atom. The minimum absolute atomic E-state index is 0.105. The van der Waals surface area contributed by atoms with Crippen LogP contribution in [0.1, 0.15) is 17.3 Å². The Kier molecular flexibility index (Phi) is 5.08. The van der Waals surface area contributed by atoms with Gasteiger partial charge in [0, 0.05) is 33.9 Å². The number of carbonyl (C=O) groups excluding carboxylic acids is 1. The van der Waals surface area contributed by atoms with Crippen molar-refractivity contribution < 1.29 is 13.4 Å². The molecule has 1 rings (SSSR count). The van der Waals surface area contributed by atoms with Crippen LogP contribution < -0.4 is 5.32 Å². The van der Waals surface area contributed by atoms with Crippen LogP contribution in [0.3, 0.4) is 0 Å². The molecular formula is C11H13ClFNO2S. The summed E-state index contributed by atoms with van der Waals surface area (Å²) in [6, 6.07) is 3.77. The second-order valence-electron chi connectivity index (χ2n) is 3.64. The molecule has 1 amide bonds. The summed E-state index contributed by atoms with van der Waals surface area (Å²) in [5.41, 5.74) is -0.105. The minimum Gasteiger partial charge on any atom is -0.351 e. The molecule has 2 atom stereocenters. The van der Waals surface area contributed by atoms with Gasteiger partial charge in [0.15, 0.2) is 0 Å². The Hall–Kier alpha value is -0.940. The van der Waals surface area contributed by atoms with E-state index in [1.54, 1.807) is 13.2 Å². The Bertz CT molecular complexity index is 453. The van der Waals surface area contributed by atoms with E-state index in [0.29, 0.717) is 5.02 Å². The van der Waals surface area contributed by atoms with Gasteiger partial charge in [-0.3, -0.25) is 9.00 Å². The zero-order valence-electron chi connectivity index (χ0n) is 9.50. The monoisotopic (exact) mass is 277 g/mol. The molecule has 0 aromatic heterocycles. The highest BCUT2D eigenvalue weighted by Gasteiger charge is 2.14. The van der Waals surface area contributed by atoms with Crippen LogP contribution in [-0.4, -0.2) is 28.2 Å². The standard InChI is InChI=1S/C11H13ClFNO2S/c1-7(17(2)16)6-14-11(15)9-5-8(12)3-4-10(9)13/h3-5,7H,6H2,1-2H3,(H,14,15). The molecule has 0 bridgehead atoms. The fourth-order valence-corrected chi connectivity index (χ4v) is 1.61. The number of nitrogens with one attached hydrogen (secondary N) is 1. The van der Waals surface area contributed by atoms with Gasteiger partial charge in [-0.1, -0.05) is 11.6 Å². The number of hydrogen-bond donors (Lipinski definition) is 1. The normalized spacial score (nSPS) is 14.1. The highest BCUT2D eigenvalue weighted by Crippen LogP contribution is 2.14. The first kappa shape index (κ1) is 14.1. The largest absolute Gasteiger partial charge is 0.351 e. The van der Waals surface area contributed by atoms with E-state index in [4.69, 9.17) is 11.6 Å². The van der Waals surface area contributed by atoms with E-state index >= 15 is 0 Å². The molecule has 3 nitrogen and oxygen atoms in total. The number of amides is 1. The SMILES string of the molecule is CC(CNC(=O)c1cc(Cl)ccc1F)S(C)=O. The van der Waals surface area contributed by atoms with E-state index in [1.807, 2.05) is 0 Å². The zero-order valence-corrected chi connectivity index (χ0v) is 11.1. The lowest BCUT2D eigenvalue weighted by molar-refractivity contribution is 0.0950. The van der Waals surface area contributed by atoms with Gasteiger partial charge in [-0.2, -0.15) is 0 Å². The molecule has 0 heterocycles. The summed E-state index contributed by atoms with van der Waals surface area (Å²) in [4.78, 5) is 11.6. The van der Waals surface area contributed by atoms with Crippen LogP contribution in [0.2, 0.25) is 5.02 Å². The zero-order chi connectivity index (χ0) is 13.0. The lowest BCUT2D eigenvalue weighted by Gasteiger charge is -2.10. The smallest absolute Gasteiger partial charge is 0.254 e. The lowest BCUT2D eigenvalue weighted by atomic mass is 10.2. The summed E-state index contributed by atoms with van der Waals surface area (Å²) >= 11 is 5.68. The Morgan fingerprint density at radius 2 is 2.24 bits per heavy atom. The van der Waals surface area contributed by atoms with Gasteiger partial charge in [0.25, 0.3) is 5.91 Å². The number of rotatable bonds is 4. The van der Waals surface area contributed by atoms with Gasteiger partial charge in [-0.05, 0) is 25.1 Å². The number of halogens is 2. The van der Waals surface area contributed by atoms with Gasteiger partial charge in [-0.15, -0.1) is 0 Å². The van der Waals surface area contributed by atoms with Crippen LogP contribution >= 0.6 is 11.6 Å². The van der Waals surface area contributed by atoms with Crippen molar-refractivity contribution in [2.45, 2.75) is 12.2 Å². The van der Waals surface area contributed by atoms with Crippen LogP contribution in [0.4, 0.5) is 4.39 Å². The molecule has 1 aromatic rings. The van der Waals surface area contributed by atoms with Crippen molar-refractivity contribution in [2.75, 3.05) is 12.8 Å². The molecule has 2 unspecified atom stereocenters. The Morgan fingerprint density at radius 3 is 2.82 bits per heavy atom. The number of hydrogen-bond acceptors (Lipinski definition) is 2. The van der Waals surface area contributed by atoms with Gasteiger partial charge in [0.2, 0.25) is 0 Å². The maximum absolute atomic E-state index is 13.3. The third-order valence-electron chi connectivity index (χ3n) is 2.29. The van der Waals surface area contributed by atoms with Crippen LogP contribution in [0, 0.1) is 5.82 Å². The second kappa shape index (κ2) is 6.12. The molecule has 0 fully saturated rings. The molecule has 0 saturated heterocycles. The van der Waals surface area contributed by atoms with Gasteiger partial charge in [0.05, 0.1) is 5.56 Å². The predicted octanol–water partition coefficient (Wildman–Crippen LogP) is 1.98. The van der Waals surface area contributed by atoms with E-state index < -0.39 is 22.5 Å². The van der Waals surface area contributed by atoms with Gasteiger partial charge in [0.1, 0.15) is 5.82 Å². The molecular weight excluding hydrogens is 265 g/mol.